The van der Waals surface area contributed by atoms with Crippen LogP contribution in [-0.2, 0) is 15.9 Å². The maximum Gasteiger partial charge on any atom is 0.127 e. The Hall–Kier alpha value is -0.680. The third-order valence-electron chi connectivity index (χ3n) is 3.88. The van der Waals surface area contributed by atoms with Gasteiger partial charge in [-0.1, -0.05) is 17.7 Å². The summed E-state index contributed by atoms with van der Waals surface area (Å²) in [5.41, 5.74) is 6.40. The van der Waals surface area contributed by atoms with Crippen LogP contribution in [0.25, 0.3) is 0 Å². The van der Waals surface area contributed by atoms with E-state index in [0.29, 0.717) is 30.2 Å². The standard InChI is InChI=1S/C14H19ClFNO2/c1-18-14(4-6-19-7-5-14)13(17)8-10-2-3-11(15)9-12(10)16/h2-3,9,13H,4-8,17H2,1H3. The molecule has 1 aliphatic heterocycles. The molecule has 1 heterocycles. The van der Waals surface area contributed by atoms with Crippen LogP contribution in [0.15, 0.2) is 18.2 Å². The minimum absolute atomic E-state index is 0.267. The molecule has 1 saturated heterocycles. The van der Waals surface area contributed by atoms with Gasteiger partial charge < -0.3 is 15.2 Å². The van der Waals surface area contributed by atoms with Gasteiger partial charge in [0.25, 0.3) is 0 Å². The van der Waals surface area contributed by atoms with E-state index in [1.807, 2.05) is 0 Å². The van der Waals surface area contributed by atoms with Crippen LogP contribution in [0.3, 0.4) is 0 Å². The lowest BCUT2D eigenvalue weighted by molar-refractivity contribution is -0.103. The topological polar surface area (TPSA) is 44.5 Å². The second-order valence-corrected chi connectivity index (χ2v) is 5.36. The summed E-state index contributed by atoms with van der Waals surface area (Å²) < 4.78 is 24.8. The molecule has 5 heteroatoms. The maximum atomic E-state index is 13.8. The number of hydrogen-bond donors (Lipinski definition) is 1. The van der Waals surface area contributed by atoms with Crippen molar-refractivity contribution < 1.29 is 13.9 Å². The number of benzene rings is 1. The number of ether oxygens (including phenoxy) is 2. The zero-order valence-electron chi connectivity index (χ0n) is 11.0. The fraction of sp³-hybridized carbons (Fsp3) is 0.571. The Bertz CT molecular complexity index is 435. The molecule has 1 aromatic rings. The molecular formula is C14H19ClFNO2. The molecule has 0 bridgehead atoms. The van der Waals surface area contributed by atoms with Gasteiger partial charge in [0.15, 0.2) is 0 Å². The summed E-state index contributed by atoms with van der Waals surface area (Å²) in [7, 11) is 1.66. The third kappa shape index (κ3) is 3.26. The highest BCUT2D eigenvalue weighted by Gasteiger charge is 2.38. The second kappa shape index (κ2) is 6.18. The van der Waals surface area contributed by atoms with Gasteiger partial charge >= 0.3 is 0 Å². The summed E-state index contributed by atoms with van der Waals surface area (Å²) in [6.45, 7) is 1.26. The highest BCUT2D eigenvalue weighted by Crippen LogP contribution is 2.29. The predicted molar refractivity (Wildman–Crippen MR) is 72.9 cm³/mol. The van der Waals surface area contributed by atoms with Crippen molar-refractivity contribution in [3.05, 3.63) is 34.6 Å². The van der Waals surface area contributed by atoms with Crippen molar-refractivity contribution in [2.24, 2.45) is 5.73 Å². The van der Waals surface area contributed by atoms with E-state index in [-0.39, 0.29) is 11.9 Å². The molecule has 0 aromatic heterocycles. The lowest BCUT2D eigenvalue weighted by Gasteiger charge is -2.40. The third-order valence-corrected chi connectivity index (χ3v) is 4.11. The molecule has 0 aliphatic carbocycles. The predicted octanol–water partition coefficient (Wildman–Crippen LogP) is 2.54. The van der Waals surface area contributed by atoms with Crippen molar-refractivity contribution >= 4 is 11.6 Å². The Morgan fingerprint density at radius 1 is 1.47 bits per heavy atom. The maximum absolute atomic E-state index is 13.8. The van der Waals surface area contributed by atoms with Crippen LogP contribution < -0.4 is 5.73 Å². The van der Waals surface area contributed by atoms with E-state index in [4.69, 9.17) is 26.8 Å². The van der Waals surface area contributed by atoms with Crippen LogP contribution in [0.4, 0.5) is 4.39 Å². The second-order valence-electron chi connectivity index (χ2n) is 4.93. The molecule has 1 aliphatic rings. The van der Waals surface area contributed by atoms with E-state index in [1.54, 1.807) is 19.2 Å². The van der Waals surface area contributed by atoms with Crippen LogP contribution in [0.1, 0.15) is 18.4 Å². The van der Waals surface area contributed by atoms with E-state index in [2.05, 4.69) is 0 Å². The van der Waals surface area contributed by atoms with Crippen LogP contribution in [0.2, 0.25) is 5.02 Å². The van der Waals surface area contributed by atoms with Crippen molar-refractivity contribution in [2.45, 2.75) is 30.9 Å². The summed E-state index contributed by atoms with van der Waals surface area (Å²) in [5, 5.41) is 0.391. The lowest BCUT2D eigenvalue weighted by atomic mass is 9.83. The van der Waals surface area contributed by atoms with Crippen molar-refractivity contribution in [2.75, 3.05) is 20.3 Å². The highest BCUT2D eigenvalue weighted by atomic mass is 35.5. The van der Waals surface area contributed by atoms with Crippen LogP contribution >= 0.6 is 11.6 Å². The van der Waals surface area contributed by atoms with E-state index in [1.165, 1.54) is 6.07 Å². The molecule has 1 atom stereocenters. The average molecular weight is 288 g/mol. The van der Waals surface area contributed by atoms with Gasteiger partial charge in [-0.15, -0.1) is 0 Å². The number of nitrogens with two attached hydrogens (primary N) is 1. The first kappa shape index (κ1) is 14.7. The Morgan fingerprint density at radius 3 is 2.74 bits per heavy atom. The number of rotatable bonds is 4. The average Bonchev–Trinajstić information content (AvgIpc) is 2.42. The Labute approximate surface area is 117 Å². The van der Waals surface area contributed by atoms with Gasteiger partial charge in [0.2, 0.25) is 0 Å². The van der Waals surface area contributed by atoms with E-state index >= 15 is 0 Å². The molecule has 1 aromatic carbocycles. The van der Waals surface area contributed by atoms with Gasteiger partial charge in [-0.2, -0.15) is 0 Å². The number of hydrogen-bond acceptors (Lipinski definition) is 3. The molecule has 2 N–H and O–H groups in total. The first-order valence-electron chi connectivity index (χ1n) is 6.40. The first-order valence-corrected chi connectivity index (χ1v) is 6.77. The molecule has 0 saturated carbocycles. The lowest BCUT2D eigenvalue weighted by Crippen LogP contribution is -2.54. The molecule has 0 amide bonds. The van der Waals surface area contributed by atoms with Gasteiger partial charge in [0.05, 0.1) is 5.60 Å². The molecule has 1 unspecified atom stereocenters. The van der Waals surface area contributed by atoms with Crippen LogP contribution in [0.5, 0.6) is 0 Å². The van der Waals surface area contributed by atoms with Crippen molar-refractivity contribution in [1.29, 1.82) is 0 Å². The summed E-state index contributed by atoms with van der Waals surface area (Å²) in [6.07, 6.45) is 1.90. The molecule has 3 nitrogen and oxygen atoms in total. The minimum atomic E-state index is -0.426. The molecule has 1 fully saturated rings. The molecular weight excluding hydrogens is 269 g/mol. The van der Waals surface area contributed by atoms with Gasteiger partial charge in [-0.25, -0.2) is 4.39 Å². The molecule has 0 spiro atoms. The Morgan fingerprint density at radius 2 is 2.16 bits per heavy atom. The molecule has 0 radical (unpaired) electrons. The van der Waals surface area contributed by atoms with Crippen LogP contribution in [0, 0.1) is 5.82 Å². The zero-order valence-corrected chi connectivity index (χ0v) is 11.8. The van der Waals surface area contributed by atoms with Crippen LogP contribution in [-0.4, -0.2) is 32.0 Å². The highest BCUT2D eigenvalue weighted by molar-refractivity contribution is 6.30. The minimum Gasteiger partial charge on any atom is -0.381 e. The zero-order chi connectivity index (χ0) is 13.9. The molecule has 106 valence electrons. The fourth-order valence-electron chi connectivity index (χ4n) is 2.55. The molecule has 19 heavy (non-hydrogen) atoms. The van der Waals surface area contributed by atoms with Gasteiger partial charge in [-0.3, -0.25) is 0 Å². The SMILES string of the molecule is COC1(C(N)Cc2ccc(Cl)cc2F)CCOCC1. The monoisotopic (exact) mass is 287 g/mol. The normalized spacial score (nSPS) is 20.2. The van der Waals surface area contributed by atoms with Gasteiger partial charge in [0, 0.05) is 44.2 Å². The quantitative estimate of drug-likeness (QED) is 0.925. The largest absolute Gasteiger partial charge is 0.381 e. The van der Waals surface area contributed by atoms with Crippen molar-refractivity contribution in [1.82, 2.24) is 0 Å². The number of halogens is 2. The van der Waals surface area contributed by atoms with Gasteiger partial charge in [0.1, 0.15) is 5.82 Å². The van der Waals surface area contributed by atoms with E-state index in [9.17, 15) is 4.39 Å². The Kier molecular flexibility index (Phi) is 4.79. The van der Waals surface area contributed by atoms with Crippen molar-refractivity contribution in [3.63, 3.8) is 0 Å². The van der Waals surface area contributed by atoms with E-state index < -0.39 is 5.60 Å². The van der Waals surface area contributed by atoms with Crippen molar-refractivity contribution in [3.8, 4) is 0 Å². The first-order chi connectivity index (χ1) is 9.07. The summed E-state index contributed by atoms with van der Waals surface area (Å²) >= 11 is 5.74. The summed E-state index contributed by atoms with van der Waals surface area (Å²) in [4.78, 5) is 0. The number of methoxy groups -OCH3 is 1. The van der Waals surface area contributed by atoms with Gasteiger partial charge in [-0.05, 0) is 24.1 Å². The van der Waals surface area contributed by atoms with E-state index in [0.717, 1.165) is 12.8 Å². The Balaban J connectivity index is 2.12. The fourth-order valence-corrected chi connectivity index (χ4v) is 2.71. The smallest absolute Gasteiger partial charge is 0.127 e. The summed E-state index contributed by atoms with van der Waals surface area (Å²) in [5.74, 6) is -0.318. The summed E-state index contributed by atoms with van der Waals surface area (Å²) in [6, 6.07) is 4.40. The molecule has 2 rings (SSSR count).